The number of benzene rings is 13. The lowest BCUT2D eigenvalue weighted by atomic mass is 9.33. The number of anilines is 6. The molecule has 4 heterocycles. The van der Waals surface area contributed by atoms with Crippen molar-refractivity contribution in [1.29, 1.82) is 0 Å². The fourth-order valence-corrected chi connectivity index (χ4v) is 13.3. The van der Waals surface area contributed by atoms with Crippen LogP contribution < -0.4 is 26.2 Å². The van der Waals surface area contributed by atoms with Crippen LogP contribution in [0, 0.1) is 0 Å². The average Bonchev–Trinajstić information content (AvgIpc) is 2.65. The first-order valence-corrected chi connectivity index (χ1v) is 28.5. The van der Waals surface area contributed by atoms with Gasteiger partial charge in [0.05, 0.1) is 0 Å². The summed E-state index contributed by atoms with van der Waals surface area (Å²) < 4.78 is 12.7. The molecule has 386 valence electrons. The van der Waals surface area contributed by atoms with Crippen molar-refractivity contribution in [3.05, 3.63) is 297 Å². The average molecular weight is 1060 g/mol. The van der Waals surface area contributed by atoms with Gasteiger partial charge in [-0.15, -0.1) is 0 Å². The minimum atomic E-state index is -0.126. The predicted molar refractivity (Wildman–Crippen MR) is 348 cm³/mol. The SMILES string of the molecule is c1ccc(-c2cc(-c3ccccc3)cc(N3c4cc(-c5ccc6oc7ccccc7c6c5)ccc4B4c5ccc(-c6ccc7oc8ccccc8c7c6)cc5N(c5cc(-c6ccccc6)cc(-c6ccccc6)c5)c5cccc3c54)c2)cc1. The van der Waals surface area contributed by atoms with Crippen molar-refractivity contribution < 1.29 is 8.83 Å². The first kappa shape index (κ1) is 47.0. The van der Waals surface area contributed by atoms with Gasteiger partial charge < -0.3 is 18.6 Å². The van der Waals surface area contributed by atoms with Crippen LogP contribution in [0.15, 0.2) is 306 Å². The van der Waals surface area contributed by atoms with Gasteiger partial charge in [0.25, 0.3) is 6.71 Å². The topological polar surface area (TPSA) is 32.8 Å². The summed E-state index contributed by atoms with van der Waals surface area (Å²) in [5.41, 5.74) is 27.7. The van der Waals surface area contributed by atoms with E-state index in [4.69, 9.17) is 8.83 Å². The molecule has 13 aromatic carbocycles. The van der Waals surface area contributed by atoms with Gasteiger partial charge in [-0.05, 0) is 180 Å². The molecule has 0 atom stereocenters. The zero-order valence-electron chi connectivity index (χ0n) is 45.1. The van der Waals surface area contributed by atoms with Crippen LogP contribution in [0.25, 0.3) is 111 Å². The Morgan fingerprint density at radius 3 is 0.952 bits per heavy atom. The Hall–Kier alpha value is -10.9. The highest BCUT2D eigenvalue weighted by Gasteiger charge is 2.44. The standard InChI is InChI=1S/C78H49BN2O2/c1-5-18-50(19-6-1)58-40-59(51-20-7-2-8-21-51)43-62(42-58)80-70-28-17-29-71-78(70)79(68-36-32-56(48-72(68)80)54-34-38-76-66(46-54)64-26-13-15-30-74(64)82-76)69-37-33-57(55-35-39-77-67(47-55)65-27-14-16-31-75(65)83-77)49-73(69)81(71)63-44-60(52-22-9-3-10-23-52)41-61(45-63)53-24-11-4-12-25-53/h1-49H. The van der Waals surface area contributed by atoms with Crippen molar-refractivity contribution in [1.82, 2.24) is 0 Å². The highest BCUT2D eigenvalue weighted by Crippen LogP contribution is 2.49. The summed E-state index contributed by atoms with van der Waals surface area (Å²) in [6, 6.07) is 109. The summed E-state index contributed by atoms with van der Waals surface area (Å²) >= 11 is 0. The Bertz CT molecular complexity index is 4620. The zero-order valence-corrected chi connectivity index (χ0v) is 45.1. The van der Waals surface area contributed by atoms with E-state index in [9.17, 15) is 0 Å². The van der Waals surface area contributed by atoms with Gasteiger partial charge in [-0.25, -0.2) is 0 Å². The molecule has 4 nitrogen and oxygen atoms in total. The maximum Gasteiger partial charge on any atom is 0.252 e. The number of furan rings is 2. The number of hydrogen-bond donors (Lipinski definition) is 0. The van der Waals surface area contributed by atoms with Crippen molar-refractivity contribution >= 4 is 101 Å². The predicted octanol–water partition coefficient (Wildman–Crippen LogP) is 19.6. The molecule has 5 heteroatoms. The summed E-state index contributed by atoms with van der Waals surface area (Å²) in [5.74, 6) is 0. The molecule has 0 spiro atoms. The second-order valence-electron chi connectivity index (χ2n) is 22.0. The largest absolute Gasteiger partial charge is 0.456 e. The zero-order chi connectivity index (χ0) is 54.5. The molecule has 15 aromatic rings. The van der Waals surface area contributed by atoms with E-state index in [0.29, 0.717) is 0 Å². The first-order chi connectivity index (χ1) is 41.1. The van der Waals surface area contributed by atoms with Crippen molar-refractivity contribution in [2.75, 3.05) is 9.80 Å². The lowest BCUT2D eigenvalue weighted by Crippen LogP contribution is -2.61. The van der Waals surface area contributed by atoms with Crippen LogP contribution in [-0.2, 0) is 0 Å². The van der Waals surface area contributed by atoms with E-state index in [1.54, 1.807) is 0 Å². The van der Waals surface area contributed by atoms with Crippen molar-refractivity contribution in [3.8, 4) is 66.8 Å². The smallest absolute Gasteiger partial charge is 0.252 e. The van der Waals surface area contributed by atoms with E-state index in [0.717, 1.165) is 145 Å². The molecule has 0 saturated heterocycles. The normalized spacial score (nSPS) is 12.5. The lowest BCUT2D eigenvalue weighted by Gasteiger charge is -2.44. The Morgan fingerprint density at radius 1 is 0.217 bits per heavy atom. The van der Waals surface area contributed by atoms with Gasteiger partial charge in [0.2, 0.25) is 0 Å². The molecule has 17 rings (SSSR count). The summed E-state index contributed by atoms with van der Waals surface area (Å²) in [5, 5.41) is 4.44. The van der Waals surface area contributed by atoms with Crippen LogP contribution >= 0.6 is 0 Å². The number of nitrogens with zero attached hydrogens (tertiary/aromatic N) is 2. The minimum absolute atomic E-state index is 0.126. The van der Waals surface area contributed by atoms with Crippen LogP contribution in [0.3, 0.4) is 0 Å². The fourth-order valence-electron chi connectivity index (χ4n) is 13.3. The molecule has 0 fully saturated rings. The van der Waals surface area contributed by atoms with Crippen LogP contribution in [0.1, 0.15) is 0 Å². The Balaban J connectivity index is 0.940. The van der Waals surface area contributed by atoms with Gasteiger partial charge in [-0.1, -0.05) is 200 Å². The molecule has 2 aromatic heterocycles. The van der Waals surface area contributed by atoms with Crippen molar-refractivity contribution in [2.45, 2.75) is 0 Å². The van der Waals surface area contributed by atoms with Gasteiger partial charge in [-0.2, -0.15) is 0 Å². The molecule has 0 N–H and O–H groups in total. The number of para-hydroxylation sites is 2. The van der Waals surface area contributed by atoms with Crippen molar-refractivity contribution in [3.63, 3.8) is 0 Å². The molecular weight excluding hydrogens is 1010 g/mol. The van der Waals surface area contributed by atoms with E-state index in [-0.39, 0.29) is 6.71 Å². The van der Waals surface area contributed by atoms with E-state index in [2.05, 4.69) is 295 Å². The van der Waals surface area contributed by atoms with E-state index in [1.165, 1.54) is 16.4 Å². The van der Waals surface area contributed by atoms with Crippen molar-refractivity contribution in [2.24, 2.45) is 0 Å². The third-order valence-corrected chi connectivity index (χ3v) is 17.2. The van der Waals surface area contributed by atoms with E-state index < -0.39 is 0 Å². The second kappa shape index (κ2) is 18.9. The van der Waals surface area contributed by atoms with E-state index in [1.807, 2.05) is 12.1 Å². The van der Waals surface area contributed by atoms with Gasteiger partial charge in [0.1, 0.15) is 22.3 Å². The molecule has 0 saturated carbocycles. The molecular formula is C78H49BN2O2. The third-order valence-electron chi connectivity index (χ3n) is 17.2. The highest BCUT2D eigenvalue weighted by molar-refractivity contribution is 7.00. The molecule has 0 amide bonds. The highest BCUT2D eigenvalue weighted by atomic mass is 16.3. The van der Waals surface area contributed by atoms with Gasteiger partial charge in [0, 0.05) is 55.7 Å². The Labute approximate surface area is 481 Å². The first-order valence-electron chi connectivity index (χ1n) is 28.5. The fraction of sp³-hybridized carbons (Fsp3) is 0. The molecule has 0 aliphatic carbocycles. The quantitative estimate of drug-likeness (QED) is 0.142. The van der Waals surface area contributed by atoms with E-state index >= 15 is 0 Å². The molecule has 2 aliphatic rings. The molecule has 0 unspecified atom stereocenters. The molecule has 2 aliphatic heterocycles. The van der Waals surface area contributed by atoms with Crippen LogP contribution in [0.5, 0.6) is 0 Å². The maximum atomic E-state index is 6.37. The number of fused-ring (bicyclic) bond motifs is 10. The molecule has 0 bridgehead atoms. The Morgan fingerprint density at radius 2 is 0.554 bits per heavy atom. The lowest BCUT2D eigenvalue weighted by molar-refractivity contribution is 0.668. The van der Waals surface area contributed by atoms with Crippen LogP contribution in [-0.4, -0.2) is 6.71 Å². The molecule has 0 radical (unpaired) electrons. The number of rotatable bonds is 8. The van der Waals surface area contributed by atoms with Gasteiger partial charge >= 0.3 is 0 Å². The van der Waals surface area contributed by atoms with Gasteiger partial charge in [-0.3, -0.25) is 0 Å². The van der Waals surface area contributed by atoms with Crippen LogP contribution in [0.2, 0.25) is 0 Å². The summed E-state index contributed by atoms with van der Waals surface area (Å²) in [4.78, 5) is 5.10. The number of hydrogen-bond acceptors (Lipinski definition) is 4. The Kier molecular flexibility index (Phi) is 10.7. The van der Waals surface area contributed by atoms with Gasteiger partial charge in [0.15, 0.2) is 0 Å². The van der Waals surface area contributed by atoms with Crippen LogP contribution in [0.4, 0.5) is 34.1 Å². The third kappa shape index (κ3) is 7.77. The summed E-state index contributed by atoms with van der Waals surface area (Å²) in [6.07, 6.45) is 0. The summed E-state index contributed by atoms with van der Waals surface area (Å²) in [6.45, 7) is -0.126. The minimum Gasteiger partial charge on any atom is -0.456 e. The monoisotopic (exact) mass is 1060 g/mol. The second-order valence-corrected chi connectivity index (χ2v) is 22.0. The summed E-state index contributed by atoms with van der Waals surface area (Å²) in [7, 11) is 0. The maximum absolute atomic E-state index is 6.37. The molecule has 83 heavy (non-hydrogen) atoms.